The van der Waals surface area contributed by atoms with Crippen LogP contribution in [0.15, 0.2) is 18.2 Å². The minimum Gasteiger partial charge on any atom is -0.325 e. The van der Waals surface area contributed by atoms with Gasteiger partial charge in [-0.25, -0.2) is 0 Å². The van der Waals surface area contributed by atoms with Crippen molar-refractivity contribution in [1.82, 2.24) is 0 Å². The maximum Gasteiger partial charge on any atom is 0.239 e. The predicted octanol–water partition coefficient (Wildman–Crippen LogP) is 2.30. The highest BCUT2D eigenvalue weighted by atomic mass is 35.5. The predicted molar refractivity (Wildman–Crippen MR) is 72.1 cm³/mol. The van der Waals surface area contributed by atoms with Crippen LogP contribution in [0.3, 0.4) is 0 Å². The molecule has 1 fully saturated rings. The smallest absolute Gasteiger partial charge is 0.239 e. The van der Waals surface area contributed by atoms with Crippen LogP contribution in [0.4, 0.5) is 11.4 Å². The minimum atomic E-state index is -0.235. The first kappa shape index (κ1) is 12.9. The summed E-state index contributed by atoms with van der Waals surface area (Å²) < 4.78 is 0. The van der Waals surface area contributed by atoms with Crippen molar-refractivity contribution in [2.24, 2.45) is 0 Å². The summed E-state index contributed by atoms with van der Waals surface area (Å²) in [7, 11) is 0. The van der Waals surface area contributed by atoms with Gasteiger partial charge >= 0.3 is 0 Å². The largest absolute Gasteiger partial charge is 0.325 e. The Labute approximate surface area is 111 Å². The quantitative estimate of drug-likeness (QED) is 0.854. The van der Waals surface area contributed by atoms with Gasteiger partial charge in [0, 0.05) is 24.3 Å². The lowest BCUT2D eigenvalue weighted by molar-refractivity contribution is -0.117. The van der Waals surface area contributed by atoms with Gasteiger partial charge in [0.25, 0.3) is 0 Å². The second-order valence-electron chi connectivity index (χ2n) is 4.33. The van der Waals surface area contributed by atoms with Crippen molar-refractivity contribution in [1.29, 1.82) is 0 Å². The van der Waals surface area contributed by atoms with Crippen LogP contribution in [0.25, 0.3) is 0 Å². The van der Waals surface area contributed by atoms with Gasteiger partial charge in [-0.05, 0) is 37.1 Å². The number of carbonyl (C=O) groups is 2. The number of rotatable bonds is 3. The van der Waals surface area contributed by atoms with Gasteiger partial charge in [-0.3, -0.25) is 9.59 Å². The van der Waals surface area contributed by atoms with Crippen molar-refractivity contribution in [3.8, 4) is 0 Å². The van der Waals surface area contributed by atoms with Crippen molar-refractivity contribution in [3.05, 3.63) is 23.8 Å². The molecule has 0 unspecified atom stereocenters. The number of carbonyl (C=O) groups excluding carboxylic acids is 2. The molecule has 1 N–H and O–H groups in total. The highest BCUT2D eigenvalue weighted by Gasteiger charge is 2.22. The van der Waals surface area contributed by atoms with E-state index in [-0.39, 0.29) is 17.7 Å². The molecule has 0 spiro atoms. The average Bonchev–Trinajstić information content (AvgIpc) is 2.75. The molecule has 18 heavy (non-hydrogen) atoms. The number of benzene rings is 1. The lowest BCUT2D eigenvalue weighted by atomic mass is 10.1. The third kappa shape index (κ3) is 2.64. The first-order valence-corrected chi connectivity index (χ1v) is 6.42. The molecule has 1 aromatic rings. The fourth-order valence-corrected chi connectivity index (χ4v) is 2.20. The summed E-state index contributed by atoms with van der Waals surface area (Å²) in [6.07, 6.45) is 1.52. The summed E-state index contributed by atoms with van der Waals surface area (Å²) in [6, 6.07) is 5.51. The van der Waals surface area contributed by atoms with E-state index in [2.05, 4.69) is 5.32 Å². The molecule has 5 heteroatoms. The molecule has 1 aromatic carbocycles. The molecule has 0 atom stereocenters. The van der Waals surface area contributed by atoms with Gasteiger partial charge in [0.15, 0.2) is 0 Å². The van der Waals surface area contributed by atoms with Crippen molar-refractivity contribution in [2.75, 3.05) is 22.6 Å². The fraction of sp³-hybridized carbons (Fsp3) is 0.385. The molecule has 0 saturated carbocycles. The molecular formula is C13H15ClN2O2. The Kier molecular flexibility index (Phi) is 3.87. The topological polar surface area (TPSA) is 49.4 Å². The summed E-state index contributed by atoms with van der Waals surface area (Å²) >= 11 is 5.43. The minimum absolute atomic E-state index is 0.0641. The van der Waals surface area contributed by atoms with Crippen LogP contribution in [0.1, 0.15) is 18.4 Å². The first-order chi connectivity index (χ1) is 8.61. The number of hydrogen-bond acceptors (Lipinski definition) is 2. The standard InChI is InChI=1S/C13H15ClN2O2/c1-9-7-10(15-12(17)8-14)4-5-11(9)16-6-2-3-13(16)18/h4-5,7H,2-3,6,8H2,1H3,(H,15,17). The van der Waals surface area contributed by atoms with Crippen LogP contribution in [0.5, 0.6) is 0 Å². The molecule has 0 radical (unpaired) electrons. The molecule has 1 heterocycles. The number of amides is 2. The Morgan fingerprint density at radius 3 is 2.83 bits per heavy atom. The summed E-state index contributed by atoms with van der Waals surface area (Å²) in [5, 5.41) is 2.69. The Bertz CT molecular complexity index is 488. The molecule has 96 valence electrons. The first-order valence-electron chi connectivity index (χ1n) is 5.88. The van der Waals surface area contributed by atoms with E-state index in [4.69, 9.17) is 11.6 Å². The second-order valence-corrected chi connectivity index (χ2v) is 4.60. The van der Waals surface area contributed by atoms with E-state index in [0.29, 0.717) is 12.1 Å². The molecule has 0 bridgehead atoms. The SMILES string of the molecule is Cc1cc(NC(=O)CCl)ccc1N1CCCC1=O. The van der Waals surface area contributed by atoms with Crippen LogP contribution in [-0.4, -0.2) is 24.2 Å². The molecule has 1 aliphatic rings. The summed E-state index contributed by atoms with van der Waals surface area (Å²) in [5.74, 6) is -0.137. The van der Waals surface area contributed by atoms with Gasteiger partial charge in [0.05, 0.1) is 0 Å². The zero-order valence-corrected chi connectivity index (χ0v) is 11.0. The average molecular weight is 267 g/mol. The highest BCUT2D eigenvalue weighted by Crippen LogP contribution is 2.27. The number of alkyl halides is 1. The van der Waals surface area contributed by atoms with E-state index in [1.807, 2.05) is 19.1 Å². The van der Waals surface area contributed by atoms with Crippen molar-refractivity contribution in [2.45, 2.75) is 19.8 Å². The number of halogens is 1. The van der Waals surface area contributed by atoms with E-state index in [1.165, 1.54) is 0 Å². The number of anilines is 2. The van der Waals surface area contributed by atoms with Crippen LogP contribution in [0, 0.1) is 6.92 Å². The Morgan fingerprint density at radius 2 is 2.28 bits per heavy atom. The van der Waals surface area contributed by atoms with Gasteiger partial charge in [-0.2, -0.15) is 0 Å². The van der Waals surface area contributed by atoms with Crippen LogP contribution in [-0.2, 0) is 9.59 Å². The number of nitrogens with zero attached hydrogens (tertiary/aromatic N) is 1. The molecule has 0 aliphatic carbocycles. The van der Waals surface area contributed by atoms with E-state index in [1.54, 1.807) is 11.0 Å². The van der Waals surface area contributed by atoms with Crippen LogP contribution in [0.2, 0.25) is 0 Å². The molecule has 4 nitrogen and oxygen atoms in total. The number of aryl methyl sites for hydroxylation is 1. The monoisotopic (exact) mass is 266 g/mol. The third-order valence-electron chi connectivity index (χ3n) is 2.97. The van der Waals surface area contributed by atoms with E-state index in [0.717, 1.165) is 24.2 Å². The zero-order valence-electron chi connectivity index (χ0n) is 10.2. The van der Waals surface area contributed by atoms with Crippen LogP contribution >= 0.6 is 11.6 Å². The summed E-state index contributed by atoms with van der Waals surface area (Å²) in [6.45, 7) is 2.70. The lowest BCUT2D eigenvalue weighted by Crippen LogP contribution is -2.24. The van der Waals surface area contributed by atoms with Gasteiger partial charge in [0.2, 0.25) is 11.8 Å². The Hall–Kier alpha value is -1.55. The highest BCUT2D eigenvalue weighted by molar-refractivity contribution is 6.29. The second kappa shape index (κ2) is 5.40. The van der Waals surface area contributed by atoms with Crippen LogP contribution < -0.4 is 10.2 Å². The maximum absolute atomic E-state index is 11.7. The van der Waals surface area contributed by atoms with Gasteiger partial charge in [-0.15, -0.1) is 11.6 Å². The van der Waals surface area contributed by atoms with Crippen molar-refractivity contribution < 1.29 is 9.59 Å². The Morgan fingerprint density at radius 1 is 1.50 bits per heavy atom. The maximum atomic E-state index is 11.7. The molecule has 0 aromatic heterocycles. The molecule has 1 aliphatic heterocycles. The molecule has 2 rings (SSSR count). The number of hydrogen-bond donors (Lipinski definition) is 1. The third-order valence-corrected chi connectivity index (χ3v) is 3.21. The lowest BCUT2D eigenvalue weighted by Gasteiger charge is -2.19. The molecular weight excluding hydrogens is 252 g/mol. The van der Waals surface area contributed by atoms with Gasteiger partial charge in [0.1, 0.15) is 5.88 Å². The van der Waals surface area contributed by atoms with Crippen molar-refractivity contribution >= 4 is 34.8 Å². The normalized spacial score (nSPS) is 15.0. The van der Waals surface area contributed by atoms with Gasteiger partial charge in [-0.1, -0.05) is 0 Å². The van der Waals surface area contributed by atoms with E-state index >= 15 is 0 Å². The van der Waals surface area contributed by atoms with E-state index < -0.39 is 0 Å². The zero-order chi connectivity index (χ0) is 13.1. The fourth-order valence-electron chi connectivity index (χ4n) is 2.13. The number of nitrogens with one attached hydrogen (secondary N) is 1. The summed E-state index contributed by atoms with van der Waals surface area (Å²) in [4.78, 5) is 24.6. The van der Waals surface area contributed by atoms with Gasteiger partial charge < -0.3 is 10.2 Å². The van der Waals surface area contributed by atoms with E-state index in [9.17, 15) is 9.59 Å². The Balaban J connectivity index is 2.19. The summed E-state index contributed by atoms with van der Waals surface area (Å²) in [5.41, 5.74) is 2.59. The molecule has 1 saturated heterocycles. The van der Waals surface area contributed by atoms with Crippen molar-refractivity contribution in [3.63, 3.8) is 0 Å². The molecule has 2 amide bonds.